The first-order valence-corrected chi connectivity index (χ1v) is 10.1. The molecule has 0 N–H and O–H groups in total. The van der Waals surface area contributed by atoms with Gasteiger partial charge in [0.25, 0.3) is 0 Å². The van der Waals surface area contributed by atoms with Gasteiger partial charge in [-0.15, -0.1) is 11.3 Å². The average Bonchev–Trinajstić information content (AvgIpc) is 3.31. The Hall–Kier alpha value is -1.17. The summed E-state index contributed by atoms with van der Waals surface area (Å²) in [5.74, 6) is 0. The lowest BCUT2D eigenvalue weighted by Gasteiger charge is -2.30. The van der Waals surface area contributed by atoms with Crippen molar-refractivity contribution < 1.29 is 0 Å². The van der Waals surface area contributed by atoms with Crippen molar-refractivity contribution in [2.45, 2.75) is 59.3 Å². The van der Waals surface area contributed by atoms with Crippen LogP contribution in [-0.4, -0.2) is 45.3 Å². The molecule has 1 aliphatic heterocycles. The van der Waals surface area contributed by atoms with Crippen LogP contribution in [0.15, 0.2) is 23.7 Å². The third kappa shape index (κ3) is 4.08. The Morgan fingerprint density at radius 2 is 2.17 bits per heavy atom. The van der Waals surface area contributed by atoms with Gasteiger partial charge in [0, 0.05) is 48.4 Å². The Balaban J connectivity index is 1.72. The molecule has 0 aliphatic carbocycles. The molecule has 2 aromatic rings. The first-order valence-electron chi connectivity index (χ1n) is 9.21. The van der Waals surface area contributed by atoms with Crippen molar-refractivity contribution in [2.75, 3.05) is 19.6 Å². The fourth-order valence-corrected chi connectivity index (χ4v) is 4.57. The second kappa shape index (κ2) is 8.28. The number of nitrogens with zero attached hydrogens (tertiary/aromatic N) is 4. The summed E-state index contributed by atoms with van der Waals surface area (Å²) in [5, 5.41) is 6.71. The van der Waals surface area contributed by atoms with E-state index in [2.05, 4.69) is 64.1 Å². The van der Waals surface area contributed by atoms with Crippen molar-refractivity contribution in [3.8, 4) is 0 Å². The Morgan fingerprint density at radius 1 is 1.29 bits per heavy atom. The molecule has 1 fully saturated rings. The minimum atomic E-state index is 0.705. The summed E-state index contributed by atoms with van der Waals surface area (Å²) in [5.41, 5.74) is 2.68. The third-order valence-corrected chi connectivity index (χ3v) is 6.09. The number of aryl methyl sites for hydroxylation is 1. The van der Waals surface area contributed by atoms with E-state index >= 15 is 0 Å². The molecule has 24 heavy (non-hydrogen) atoms. The molecule has 5 heteroatoms. The number of thiophene rings is 1. The number of hydrogen-bond acceptors (Lipinski definition) is 4. The lowest BCUT2D eigenvalue weighted by atomic mass is 10.1. The highest BCUT2D eigenvalue weighted by Gasteiger charge is 2.25. The van der Waals surface area contributed by atoms with Gasteiger partial charge in [0.1, 0.15) is 0 Å². The summed E-state index contributed by atoms with van der Waals surface area (Å²) in [4.78, 5) is 6.72. The molecular formula is C19H30N4S. The molecule has 0 amide bonds. The maximum absolute atomic E-state index is 4.53. The summed E-state index contributed by atoms with van der Waals surface area (Å²) in [6, 6.07) is 5.12. The zero-order valence-electron chi connectivity index (χ0n) is 15.2. The van der Waals surface area contributed by atoms with E-state index in [9.17, 15) is 0 Å². The maximum Gasteiger partial charge on any atom is 0.0537 e. The van der Waals surface area contributed by atoms with Gasteiger partial charge in [-0.2, -0.15) is 5.10 Å². The van der Waals surface area contributed by atoms with E-state index in [-0.39, 0.29) is 0 Å². The van der Waals surface area contributed by atoms with Crippen LogP contribution in [0.25, 0.3) is 0 Å². The Labute approximate surface area is 150 Å². The Morgan fingerprint density at radius 3 is 2.83 bits per heavy atom. The van der Waals surface area contributed by atoms with E-state index in [4.69, 9.17) is 0 Å². The SMILES string of the molecule is CCN1CCCC1CN(Cc1cccs1)Cc1cnn(CC)c1C. The van der Waals surface area contributed by atoms with Crippen LogP contribution in [0, 0.1) is 6.92 Å². The van der Waals surface area contributed by atoms with Crippen molar-refractivity contribution in [1.82, 2.24) is 19.6 Å². The topological polar surface area (TPSA) is 24.3 Å². The molecule has 1 aliphatic rings. The van der Waals surface area contributed by atoms with Gasteiger partial charge in [0.05, 0.1) is 6.20 Å². The van der Waals surface area contributed by atoms with E-state index in [0.29, 0.717) is 6.04 Å². The molecule has 1 atom stereocenters. The number of likely N-dealkylation sites (tertiary alicyclic amines) is 1. The minimum absolute atomic E-state index is 0.705. The van der Waals surface area contributed by atoms with Crippen molar-refractivity contribution in [2.24, 2.45) is 0 Å². The van der Waals surface area contributed by atoms with E-state index in [1.54, 1.807) is 0 Å². The predicted octanol–water partition coefficient (Wildman–Crippen LogP) is 3.76. The third-order valence-electron chi connectivity index (χ3n) is 5.23. The predicted molar refractivity (Wildman–Crippen MR) is 101 cm³/mol. The minimum Gasteiger partial charge on any atom is -0.299 e. The summed E-state index contributed by atoms with van der Waals surface area (Å²) in [6.07, 6.45) is 4.74. The second-order valence-corrected chi connectivity index (χ2v) is 7.78. The Kier molecular flexibility index (Phi) is 6.09. The van der Waals surface area contributed by atoms with E-state index in [0.717, 1.165) is 26.2 Å². The molecule has 1 unspecified atom stereocenters. The van der Waals surface area contributed by atoms with Gasteiger partial charge in [0.2, 0.25) is 0 Å². The first kappa shape index (κ1) is 17.6. The summed E-state index contributed by atoms with van der Waals surface area (Å²) >= 11 is 1.86. The fourth-order valence-electron chi connectivity index (χ4n) is 3.82. The van der Waals surface area contributed by atoms with Gasteiger partial charge in [-0.1, -0.05) is 13.0 Å². The summed E-state index contributed by atoms with van der Waals surface area (Å²) < 4.78 is 2.10. The molecular weight excluding hydrogens is 316 g/mol. The van der Waals surface area contributed by atoms with Gasteiger partial charge in [0.15, 0.2) is 0 Å². The molecule has 2 aromatic heterocycles. The van der Waals surface area contributed by atoms with Crippen molar-refractivity contribution in [3.05, 3.63) is 39.8 Å². The highest BCUT2D eigenvalue weighted by atomic mass is 32.1. The molecule has 3 rings (SSSR count). The molecule has 0 saturated carbocycles. The zero-order chi connectivity index (χ0) is 16.9. The van der Waals surface area contributed by atoms with Crippen molar-refractivity contribution >= 4 is 11.3 Å². The molecule has 0 bridgehead atoms. The van der Waals surface area contributed by atoms with E-state index in [1.807, 2.05) is 11.3 Å². The first-order chi connectivity index (χ1) is 11.7. The van der Waals surface area contributed by atoms with Gasteiger partial charge < -0.3 is 0 Å². The quantitative estimate of drug-likeness (QED) is 0.727. The molecule has 4 nitrogen and oxygen atoms in total. The highest BCUT2D eigenvalue weighted by Crippen LogP contribution is 2.22. The van der Waals surface area contributed by atoms with Gasteiger partial charge in [-0.3, -0.25) is 14.5 Å². The van der Waals surface area contributed by atoms with Crippen LogP contribution in [0.4, 0.5) is 0 Å². The standard InChI is InChI=1S/C19H30N4S/c1-4-22-10-6-8-18(22)14-21(15-19-9-7-11-24-19)13-17-12-20-23(5-2)16(17)3/h7,9,11-12,18H,4-6,8,10,13-15H2,1-3H3. The summed E-state index contributed by atoms with van der Waals surface area (Å²) in [7, 11) is 0. The molecule has 1 saturated heterocycles. The van der Waals surface area contributed by atoms with E-state index < -0.39 is 0 Å². The van der Waals surface area contributed by atoms with Gasteiger partial charge in [-0.25, -0.2) is 0 Å². The van der Waals surface area contributed by atoms with Gasteiger partial charge in [-0.05, 0) is 51.2 Å². The Bertz CT molecular complexity index is 619. The molecule has 0 radical (unpaired) electrons. The van der Waals surface area contributed by atoms with Crippen LogP contribution in [0.1, 0.15) is 42.8 Å². The molecule has 3 heterocycles. The fraction of sp³-hybridized carbons (Fsp3) is 0.632. The molecule has 132 valence electrons. The number of rotatable bonds is 8. The molecule has 0 spiro atoms. The van der Waals surface area contributed by atoms with Crippen LogP contribution in [-0.2, 0) is 19.6 Å². The number of hydrogen-bond donors (Lipinski definition) is 0. The van der Waals surface area contributed by atoms with Crippen molar-refractivity contribution in [3.63, 3.8) is 0 Å². The lowest BCUT2D eigenvalue weighted by Crippen LogP contribution is -2.39. The zero-order valence-corrected chi connectivity index (χ0v) is 16.1. The molecule has 0 aromatic carbocycles. The lowest BCUT2D eigenvalue weighted by molar-refractivity contribution is 0.166. The van der Waals surface area contributed by atoms with Crippen LogP contribution < -0.4 is 0 Å². The van der Waals surface area contributed by atoms with Crippen LogP contribution in [0.5, 0.6) is 0 Å². The summed E-state index contributed by atoms with van der Waals surface area (Å²) in [6.45, 7) is 13.2. The van der Waals surface area contributed by atoms with Crippen LogP contribution in [0.2, 0.25) is 0 Å². The second-order valence-electron chi connectivity index (χ2n) is 6.74. The smallest absolute Gasteiger partial charge is 0.0537 e. The monoisotopic (exact) mass is 346 g/mol. The number of aromatic nitrogens is 2. The average molecular weight is 347 g/mol. The number of likely N-dealkylation sites (N-methyl/N-ethyl adjacent to an activating group) is 1. The van der Waals surface area contributed by atoms with Crippen LogP contribution in [0.3, 0.4) is 0 Å². The normalized spacial score (nSPS) is 18.8. The van der Waals surface area contributed by atoms with Gasteiger partial charge >= 0.3 is 0 Å². The largest absolute Gasteiger partial charge is 0.299 e. The van der Waals surface area contributed by atoms with Crippen molar-refractivity contribution in [1.29, 1.82) is 0 Å². The highest BCUT2D eigenvalue weighted by molar-refractivity contribution is 7.09. The van der Waals surface area contributed by atoms with Crippen LogP contribution >= 0.6 is 11.3 Å². The van der Waals surface area contributed by atoms with E-state index in [1.165, 1.54) is 42.1 Å². The maximum atomic E-state index is 4.53.